The van der Waals surface area contributed by atoms with Crippen LogP contribution in [0.1, 0.15) is 11.1 Å². The molecule has 0 fully saturated rings. The zero-order valence-corrected chi connectivity index (χ0v) is 12.7. The van der Waals surface area contributed by atoms with E-state index in [1.807, 2.05) is 60.7 Å². The molecule has 1 atom stereocenters. The first kappa shape index (κ1) is 16.5. The van der Waals surface area contributed by atoms with Gasteiger partial charge >= 0.3 is 6.03 Å². The van der Waals surface area contributed by atoms with Gasteiger partial charge in [0.25, 0.3) is 0 Å². The number of carboxylic acids is 1. The molecule has 2 N–H and O–H groups in total. The number of carbonyl (C=O) groups excluding carboxylic acids is 2. The third-order valence-electron chi connectivity index (χ3n) is 3.41. The summed E-state index contributed by atoms with van der Waals surface area (Å²) in [4.78, 5) is 23.0. The second-order valence-corrected chi connectivity index (χ2v) is 5.20. The fraction of sp³-hybridized carbons (Fsp3) is 0.222. The van der Waals surface area contributed by atoms with E-state index < -0.39 is 18.0 Å². The van der Waals surface area contributed by atoms with E-state index in [0.29, 0.717) is 13.0 Å². The molecule has 0 bridgehead atoms. The van der Waals surface area contributed by atoms with Crippen LogP contribution < -0.4 is 15.7 Å². The Morgan fingerprint density at radius 1 is 0.913 bits per heavy atom. The lowest BCUT2D eigenvalue weighted by molar-refractivity contribution is -0.308. The highest BCUT2D eigenvalue weighted by Gasteiger charge is 2.13. The van der Waals surface area contributed by atoms with E-state index in [1.54, 1.807) is 0 Å². The number of urea groups is 1. The SMILES string of the molecule is O=C(NCCc1ccccc1)N[C@@H](Cc1ccccc1)C(=O)[O-]. The predicted octanol–water partition coefficient (Wildman–Crippen LogP) is 0.889. The number of aliphatic carboxylic acids is 1. The summed E-state index contributed by atoms with van der Waals surface area (Å²) >= 11 is 0. The van der Waals surface area contributed by atoms with Crippen molar-refractivity contribution in [2.45, 2.75) is 18.9 Å². The number of hydrogen-bond acceptors (Lipinski definition) is 3. The molecule has 2 rings (SSSR count). The molecule has 0 heterocycles. The van der Waals surface area contributed by atoms with Crippen molar-refractivity contribution < 1.29 is 14.7 Å². The summed E-state index contributed by atoms with van der Waals surface area (Å²) in [5, 5.41) is 16.3. The highest BCUT2D eigenvalue weighted by atomic mass is 16.4. The maximum absolute atomic E-state index is 11.8. The number of amides is 2. The van der Waals surface area contributed by atoms with Gasteiger partial charge in [0.15, 0.2) is 0 Å². The van der Waals surface area contributed by atoms with E-state index in [-0.39, 0.29) is 6.42 Å². The lowest BCUT2D eigenvalue weighted by atomic mass is 10.1. The first-order valence-corrected chi connectivity index (χ1v) is 7.48. The molecule has 23 heavy (non-hydrogen) atoms. The van der Waals surface area contributed by atoms with Gasteiger partial charge in [-0.25, -0.2) is 4.79 Å². The van der Waals surface area contributed by atoms with Crippen molar-refractivity contribution in [1.29, 1.82) is 0 Å². The predicted molar refractivity (Wildman–Crippen MR) is 85.6 cm³/mol. The highest BCUT2D eigenvalue weighted by molar-refractivity contribution is 5.81. The van der Waals surface area contributed by atoms with Crippen LogP contribution >= 0.6 is 0 Å². The van der Waals surface area contributed by atoms with E-state index in [1.165, 1.54) is 0 Å². The Morgan fingerprint density at radius 3 is 2.04 bits per heavy atom. The molecule has 2 amide bonds. The van der Waals surface area contributed by atoms with Crippen molar-refractivity contribution in [2.24, 2.45) is 0 Å². The van der Waals surface area contributed by atoms with E-state index in [0.717, 1.165) is 11.1 Å². The number of nitrogens with one attached hydrogen (secondary N) is 2. The van der Waals surface area contributed by atoms with E-state index in [9.17, 15) is 14.7 Å². The molecule has 0 unspecified atom stereocenters. The second-order valence-electron chi connectivity index (χ2n) is 5.20. The van der Waals surface area contributed by atoms with Crippen LogP contribution in [0.4, 0.5) is 4.79 Å². The molecule has 0 aliphatic rings. The maximum Gasteiger partial charge on any atom is 0.315 e. The lowest BCUT2D eigenvalue weighted by Gasteiger charge is -2.20. The van der Waals surface area contributed by atoms with Gasteiger partial charge < -0.3 is 20.5 Å². The maximum atomic E-state index is 11.8. The average Bonchev–Trinajstić information content (AvgIpc) is 2.56. The topological polar surface area (TPSA) is 81.3 Å². The van der Waals surface area contributed by atoms with Crippen molar-refractivity contribution >= 4 is 12.0 Å². The van der Waals surface area contributed by atoms with Crippen LogP contribution in [0, 0.1) is 0 Å². The molecule has 2 aromatic carbocycles. The van der Waals surface area contributed by atoms with Gasteiger partial charge in [-0.15, -0.1) is 0 Å². The quantitative estimate of drug-likeness (QED) is 0.797. The highest BCUT2D eigenvalue weighted by Crippen LogP contribution is 2.03. The van der Waals surface area contributed by atoms with Gasteiger partial charge in [0, 0.05) is 6.54 Å². The van der Waals surface area contributed by atoms with Gasteiger partial charge in [0.1, 0.15) is 0 Å². The second kappa shape index (κ2) is 8.58. The zero-order valence-electron chi connectivity index (χ0n) is 12.7. The van der Waals surface area contributed by atoms with Crippen LogP contribution in [0.15, 0.2) is 60.7 Å². The molecule has 120 valence electrons. The molecule has 2 aromatic rings. The minimum Gasteiger partial charge on any atom is -0.548 e. The van der Waals surface area contributed by atoms with Crippen molar-refractivity contribution in [2.75, 3.05) is 6.54 Å². The van der Waals surface area contributed by atoms with Crippen LogP contribution in [0.2, 0.25) is 0 Å². The number of rotatable bonds is 7. The summed E-state index contributed by atoms with van der Waals surface area (Å²) in [6.45, 7) is 0.431. The Labute approximate surface area is 135 Å². The zero-order chi connectivity index (χ0) is 16.5. The Bertz CT molecular complexity index is 629. The minimum atomic E-state index is -1.30. The first-order valence-electron chi connectivity index (χ1n) is 7.48. The monoisotopic (exact) mass is 311 g/mol. The normalized spacial score (nSPS) is 11.5. The van der Waals surface area contributed by atoms with Crippen molar-refractivity contribution in [3.8, 4) is 0 Å². The fourth-order valence-corrected chi connectivity index (χ4v) is 2.22. The van der Waals surface area contributed by atoms with Gasteiger partial charge in [-0.1, -0.05) is 60.7 Å². The Balaban J connectivity index is 1.80. The van der Waals surface area contributed by atoms with Crippen LogP contribution in [-0.2, 0) is 17.6 Å². The lowest BCUT2D eigenvalue weighted by Crippen LogP contribution is -2.52. The molecule has 5 heteroatoms. The smallest absolute Gasteiger partial charge is 0.315 e. The van der Waals surface area contributed by atoms with E-state index in [4.69, 9.17) is 0 Å². The Kier molecular flexibility index (Phi) is 6.17. The molecule has 0 aliphatic heterocycles. The van der Waals surface area contributed by atoms with Crippen molar-refractivity contribution in [3.63, 3.8) is 0 Å². The van der Waals surface area contributed by atoms with E-state index >= 15 is 0 Å². The summed E-state index contributed by atoms with van der Waals surface area (Å²) < 4.78 is 0. The largest absolute Gasteiger partial charge is 0.548 e. The third kappa shape index (κ3) is 5.82. The molecule has 0 spiro atoms. The molecular weight excluding hydrogens is 292 g/mol. The number of carbonyl (C=O) groups is 2. The van der Waals surface area contributed by atoms with Crippen LogP contribution in [0.25, 0.3) is 0 Å². The average molecular weight is 311 g/mol. The first-order chi connectivity index (χ1) is 11.1. The van der Waals surface area contributed by atoms with E-state index in [2.05, 4.69) is 10.6 Å². The van der Waals surface area contributed by atoms with Crippen molar-refractivity contribution in [3.05, 3.63) is 71.8 Å². The van der Waals surface area contributed by atoms with Gasteiger partial charge in [0.05, 0.1) is 12.0 Å². The van der Waals surface area contributed by atoms with Crippen LogP contribution in [0.5, 0.6) is 0 Å². The summed E-state index contributed by atoms with van der Waals surface area (Å²) in [6.07, 6.45) is 0.873. The number of benzene rings is 2. The fourth-order valence-electron chi connectivity index (χ4n) is 2.22. The van der Waals surface area contributed by atoms with Gasteiger partial charge in [-0.2, -0.15) is 0 Å². The molecule has 0 saturated heterocycles. The summed E-state index contributed by atoms with van der Waals surface area (Å²) in [5.74, 6) is -1.30. The standard InChI is InChI=1S/C18H20N2O3/c21-17(22)16(13-15-9-5-2-6-10-15)20-18(23)19-12-11-14-7-3-1-4-8-14/h1-10,16H,11-13H2,(H,21,22)(H2,19,20,23)/p-1/t16-/m0/s1. The molecule has 0 aliphatic carbocycles. The summed E-state index contributed by atoms with van der Waals surface area (Å²) in [6, 6.07) is 17.3. The van der Waals surface area contributed by atoms with Crippen molar-refractivity contribution in [1.82, 2.24) is 10.6 Å². The Morgan fingerprint density at radius 2 is 1.48 bits per heavy atom. The summed E-state index contributed by atoms with van der Waals surface area (Å²) in [5.41, 5.74) is 1.93. The van der Waals surface area contributed by atoms with Crippen LogP contribution in [0.3, 0.4) is 0 Å². The van der Waals surface area contributed by atoms with Gasteiger partial charge in [-0.3, -0.25) is 0 Å². The minimum absolute atomic E-state index is 0.190. The Hall–Kier alpha value is -2.82. The van der Waals surface area contributed by atoms with Gasteiger partial charge in [0.2, 0.25) is 0 Å². The molecule has 0 radical (unpaired) electrons. The molecule has 0 saturated carbocycles. The molecule has 0 aromatic heterocycles. The van der Waals surface area contributed by atoms with Gasteiger partial charge in [-0.05, 0) is 24.0 Å². The van der Waals surface area contributed by atoms with Crippen LogP contribution in [-0.4, -0.2) is 24.6 Å². The molecular formula is C18H19N2O3-. The number of hydrogen-bond donors (Lipinski definition) is 2. The summed E-state index contributed by atoms with van der Waals surface area (Å²) in [7, 11) is 0. The number of carboxylic acid groups (broad SMARTS) is 1. The molecule has 5 nitrogen and oxygen atoms in total. The third-order valence-corrected chi connectivity index (χ3v) is 3.41.